The van der Waals surface area contributed by atoms with E-state index in [-0.39, 0.29) is 13.0 Å². The lowest BCUT2D eigenvalue weighted by Crippen LogP contribution is -2.51. The van der Waals surface area contributed by atoms with Crippen molar-refractivity contribution in [2.45, 2.75) is 38.9 Å². The van der Waals surface area contributed by atoms with Crippen LogP contribution in [0.25, 0.3) is 0 Å². The summed E-state index contributed by atoms with van der Waals surface area (Å²) in [6, 6.07) is -0.571. The van der Waals surface area contributed by atoms with Gasteiger partial charge in [-0.2, -0.15) is 13.2 Å². The molecule has 0 spiro atoms. The molecule has 2 heterocycles. The van der Waals surface area contributed by atoms with Gasteiger partial charge in [-0.3, -0.25) is 5.32 Å². The number of anilines is 1. The van der Waals surface area contributed by atoms with Gasteiger partial charge in [0.25, 0.3) is 0 Å². The Labute approximate surface area is 118 Å². The second kappa shape index (κ2) is 4.87. The number of amides is 2. The molecule has 2 amide bonds. The third-order valence-electron chi connectivity index (χ3n) is 3.57. The highest BCUT2D eigenvalue weighted by Gasteiger charge is 2.56. The molecule has 1 aromatic heterocycles. The largest absolute Gasteiger partial charge is 0.394 e. The zero-order chi connectivity index (χ0) is 15.1. The van der Waals surface area contributed by atoms with Gasteiger partial charge in [0, 0.05) is 6.54 Å². The van der Waals surface area contributed by atoms with Gasteiger partial charge in [0.15, 0.2) is 0 Å². The second-order valence-electron chi connectivity index (χ2n) is 5.24. The monoisotopic (exact) mass is 308 g/mol. The van der Waals surface area contributed by atoms with Crippen molar-refractivity contribution in [3.8, 4) is 0 Å². The summed E-state index contributed by atoms with van der Waals surface area (Å²) in [4.78, 5) is 13.3. The van der Waals surface area contributed by atoms with E-state index in [1.807, 2.05) is 0 Å². The fraction of sp³-hybridized carbons (Fsp3) is 0.727. The third kappa shape index (κ3) is 2.72. The Bertz CT molecular complexity index is 514. The van der Waals surface area contributed by atoms with Crippen LogP contribution < -0.4 is 5.32 Å². The SMILES string of the molecule is Cc1nnc(NC(=O)N2CC[C@@H](C(F)(F)F)C2(C)C)s1. The molecular weight excluding hydrogens is 293 g/mol. The van der Waals surface area contributed by atoms with E-state index < -0.39 is 23.7 Å². The fourth-order valence-electron chi connectivity index (χ4n) is 2.52. The number of alkyl halides is 3. The lowest BCUT2D eigenvalue weighted by atomic mass is 9.88. The van der Waals surface area contributed by atoms with Crippen LogP contribution in [-0.2, 0) is 0 Å². The predicted molar refractivity (Wildman–Crippen MR) is 68.6 cm³/mol. The molecule has 0 aliphatic carbocycles. The van der Waals surface area contributed by atoms with E-state index in [4.69, 9.17) is 0 Å². The molecule has 1 atom stereocenters. The maximum atomic E-state index is 12.9. The van der Waals surface area contributed by atoms with Crippen LogP contribution in [0.5, 0.6) is 0 Å². The zero-order valence-corrected chi connectivity index (χ0v) is 12.1. The van der Waals surface area contributed by atoms with Gasteiger partial charge in [-0.1, -0.05) is 11.3 Å². The van der Waals surface area contributed by atoms with Crippen molar-refractivity contribution >= 4 is 22.5 Å². The van der Waals surface area contributed by atoms with Crippen molar-refractivity contribution in [3.63, 3.8) is 0 Å². The third-order valence-corrected chi connectivity index (χ3v) is 4.32. The molecule has 1 aromatic rings. The molecule has 5 nitrogen and oxygen atoms in total. The number of halogens is 3. The first-order chi connectivity index (χ1) is 9.12. The fourth-order valence-corrected chi connectivity index (χ4v) is 3.10. The number of likely N-dealkylation sites (tertiary alicyclic amines) is 1. The van der Waals surface area contributed by atoms with Crippen molar-refractivity contribution in [3.05, 3.63) is 5.01 Å². The number of hydrogen-bond acceptors (Lipinski definition) is 4. The van der Waals surface area contributed by atoms with Crippen molar-refractivity contribution in [2.24, 2.45) is 5.92 Å². The van der Waals surface area contributed by atoms with Gasteiger partial charge in [0.05, 0.1) is 11.5 Å². The maximum Gasteiger partial charge on any atom is 0.394 e. The summed E-state index contributed by atoms with van der Waals surface area (Å²) in [5.41, 5.74) is -1.28. The van der Waals surface area contributed by atoms with Crippen LogP contribution in [0.3, 0.4) is 0 Å². The first kappa shape index (κ1) is 15.0. The Kier molecular flexibility index (Phi) is 3.66. The van der Waals surface area contributed by atoms with Gasteiger partial charge in [-0.05, 0) is 27.2 Å². The van der Waals surface area contributed by atoms with E-state index in [9.17, 15) is 18.0 Å². The van der Waals surface area contributed by atoms with Gasteiger partial charge in [-0.15, -0.1) is 10.2 Å². The molecule has 1 fully saturated rings. The number of urea groups is 1. The van der Waals surface area contributed by atoms with E-state index >= 15 is 0 Å². The molecule has 20 heavy (non-hydrogen) atoms. The average Bonchev–Trinajstić information content (AvgIpc) is 2.80. The van der Waals surface area contributed by atoms with E-state index in [1.165, 1.54) is 30.1 Å². The minimum absolute atomic E-state index is 0.0702. The van der Waals surface area contributed by atoms with Crippen LogP contribution in [-0.4, -0.2) is 39.4 Å². The van der Waals surface area contributed by atoms with Crippen molar-refractivity contribution in [1.82, 2.24) is 15.1 Å². The molecule has 1 aliphatic heterocycles. The highest BCUT2D eigenvalue weighted by molar-refractivity contribution is 7.15. The van der Waals surface area contributed by atoms with Crippen LogP contribution in [0.15, 0.2) is 0 Å². The number of hydrogen-bond donors (Lipinski definition) is 1. The molecule has 112 valence electrons. The first-order valence-corrected chi connectivity index (χ1v) is 6.89. The molecule has 0 unspecified atom stereocenters. The summed E-state index contributed by atoms with van der Waals surface area (Å²) in [6.07, 6.45) is -4.39. The average molecular weight is 308 g/mol. The van der Waals surface area contributed by atoms with Crippen LogP contribution in [0.4, 0.5) is 23.1 Å². The molecule has 2 rings (SSSR count). The summed E-state index contributed by atoms with van der Waals surface area (Å²) in [6.45, 7) is 4.67. The van der Waals surface area contributed by atoms with Crippen LogP contribution in [0.1, 0.15) is 25.3 Å². The van der Waals surface area contributed by atoms with E-state index in [2.05, 4.69) is 15.5 Å². The smallest absolute Gasteiger partial charge is 0.319 e. The second-order valence-corrected chi connectivity index (χ2v) is 6.43. The topological polar surface area (TPSA) is 58.1 Å². The Morgan fingerprint density at radius 2 is 2.10 bits per heavy atom. The van der Waals surface area contributed by atoms with Crippen molar-refractivity contribution < 1.29 is 18.0 Å². The summed E-state index contributed by atoms with van der Waals surface area (Å²) in [5.74, 6) is -1.52. The van der Waals surface area contributed by atoms with E-state index in [0.29, 0.717) is 10.1 Å². The summed E-state index contributed by atoms with van der Waals surface area (Å²) < 4.78 is 38.8. The van der Waals surface area contributed by atoms with Crippen LogP contribution in [0.2, 0.25) is 0 Å². The maximum absolute atomic E-state index is 12.9. The Hall–Kier alpha value is -1.38. The highest BCUT2D eigenvalue weighted by Crippen LogP contribution is 2.44. The molecule has 0 saturated carbocycles. The van der Waals surface area contributed by atoms with Crippen LogP contribution >= 0.6 is 11.3 Å². The number of aryl methyl sites for hydroxylation is 1. The molecule has 1 saturated heterocycles. The number of rotatable bonds is 1. The van der Waals surface area contributed by atoms with Gasteiger partial charge < -0.3 is 4.90 Å². The molecule has 1 aliphatic rings. The normalized spacial score (nSPS) is 22.1. The number of carbonyl (C=O) groups excluding carboxylic acids is 1. The van der Waals surface area contributed by atoms with E-state index in [1.54, 1.807) is 6.92 Å². The standard InChI is InChI=1S/C11H15F3N4OS/c1-6-16-17-8(20-6)15-9(19)18-5-4-7(10(18,2)3)11(12,13)14/h7H,4-5H2,1-3H3,(H,15,17,19)/t7-/m1/s1. The Morgan fingerprint density at radius 1 is 1.45 bits per heavy atom. The minimum Gasteiger partial charge on any atom is -0.319 e. The lowest BCUT2D eigenvalue weighted by molar-refractivity contribution is -0.189. The van der Waals surface area contributed by atoms with Gasteiger partial charge in [0.1, 0.15) is 5.01 Å². The Morgan fingerprint density at radius 3 is 2.55 bits per heavy atom. The lowest BCUT2D eigenvalue weighted by Gasteiger charge is -2.36. The quantitative estimate of drug-likeness (QED) is 0.867. The van der Waals surface area contributed by atoms with Gasteiger partial charge in [-0.25, -0.2) is 4.79 Å². The van der Waals surface area contributed by atoms with Gasteiger partial charge in [0.2, 0.25) is 5.13 Å². The highest BCUT2D eigenvalue weighted by atomic mass is 32.1. The molecule has 1 N–H and O–H groups in total. The molecule has 0 aromatic carbocycles. The molecule has 9 heteroatoms. The van der Waals surface area contributed by atoms with Crippen LogP contribution in [0, 0.1) is 12.8 Å². The molecular formula is C11H15F3N4OS. The number of nitrogens with zero attached hydrogens (tertiary/aromatic N) is 3. The zero-order valence-electron chi connectivity index (χ0n) is 11.3. The minimum atomic E-state index is -4.31. The molecule has 0 radical (unpaired) electrons. The summed E-state index contributed by atoms with van der Waals surface area (Å²) in [5, 5.41) is 10.9. The Balaban J connectivity index is 2.11. The number of carbonyl (C=O) groups is 1. The number of nitrogens with one attached hydrogen (secondary N) is 1. The van der Waals surface area contributed by atoms with Crippen molar-refractivity contribution in [2.75, 3.05) is 11.9 Å². The molecule has 0 bridgehead atoms. The summed E-state index contributed by atoms with van der Waals surface area (Å²) in [7, 11) is 0. The van der Waals surface area contributed by atoms with Gasteiger partial charge >= 0.3 is 12.2 Å². The summed E-state index contributed by atoms with van der Waals surface area (Å²) >= 11 is 1.18. The number of aromatic nitrogens is 2. The predicted octanol–water partition coefficient (Wildman–Crippen LogP) is 3.04. The van der Waals surface area contributed by atoms with Crippen molar-refractivity contribution in [1.29, 1.82) is 0 Å². The first-order valence-electron chi connectivity index (χ1n) is 6.08. The van der Waals surface area contributed by atoms with E-state index in [0.717, 1.165) is 0 Å².